The largest absolute Gasteiger partial charge is 0.464 e. The van der Waals surface area contributed by atoms with Crippen molar-refractivity contribution in [3.63, 3.8) is 0 Å². The van der Waals surface area contributed by atoms with Gasteiger partial charge in [-0.3, -0.25) is 0 Å². The molecule has 0 amide bonds. The van der Waals surface area contributed by atoms with Gasteiger partial charge in [0.2, 0.25) is 0 Å². The molecule has 0 N–H and O–H groups in total. The normalized spacial score (nSPS) is 13.6. The zero-order valence-corrected chi connectivity index (χ0v) is 22.4. The van der Waals surface area contributed by atoms with Crippen LogP contribution in [0.4, 0.5) is 5.69 Å². The lowest BCUT2D eigenvalue weighted by atomic mass is 9.82. The molecule has 8 nitrogen and oxygen atoms in total. The SMILES string of the molecule is CCOC(=O)/C=C/Oc1ccccc1C1C(C(=O)OCC)=CN(c2ccc(Br)cc2)C=C1C(=O)OCC. The molecule has 0 bridgehead atoms. The minimum Gasteiger partial charge on any atom is -0.464 e. The van der Waals surface area contributed by atoms with Gasteiger partial charge in [0.1, 0.15) is 5.75 Å². The molecule has 0 unspecified atom stereocenters. The van der Waals surface area contributed by atoms with E-state index in [1.165, 1.54) is 6.26 Å². The average Bonchev–Trinajstić information content (AvgIpc) is 2.89. The Morgan fingerprint density at radius 3 is 1.97 bits per heavy atom. The van der Waals surface area contributed by atoms with Crippen LogP contribution in [0.3, 0.4) is 0 Å². The molecule has 3 rings (SSSR count). The summed E-state index contributed by atoms with van der Waals surface area (Å²) < 4.78 is 22.3. The summed E-state index contributed by atoms with van der Waals surface area (Å²) >= 11 is 3.42. The highest BCUT2D eigenvalue weighted by molar-refractivity contribution is 9.10. The van der Waals surface area contributed by atoms with Crippen LogP contribution in [0.2, 0.25) is 0 Å². The first-order chi connectivity index (χ1) is 17.9. The maximum Gasteiger partial charge on any atom is 0.336 e. The number of rotatable bonds is 10. The highest BCUT2D eigenvalue weighted by atomic mass is 79.9. The molecule has 0 spiro atoms. The summed E-state index contributed by atoms with van der Waals surface area (Å²) in [7, 11) is 0. The number of para-hydroxylation sites is 1. The van der Waals surface area contributed by atoms with Gasteiger partial charge in [-0.05, 0) is 51.1 Å². The molecule has 1 heterocycles. The number of halogens is 1. The molecule has 194 valence electrons. The van der Waals surface area contributed by atoms with Gasteiger partial charge in [0.05, 0.1) is 49.2 Å². The van der Waals surface area contributed by atoms with Crippen LogP contribution in [0.1, 0.15) is 32.3 Å². The van der Waals surface area contributed by atoms with Crippen molar-refractivity contribution in [3.05, 3.63) is 94.5 Å². The van der Waals surface area contributed by atoms with Crippen LogP contribution in [0.15, 0.2) is 88.9 Å². The molecular formula is C28H28BrNO7. The second-order valence-electron chi connectivity index (χ2n) is 7.64. The third-order valence-corrected chi connectivity index (χ3v) is 5.77. The topological polar surface area (TPSA) is 91.4 Å². The number of hydrogen-bond donors (Lipinski definition) is 0. The maximum absolute atomic E-state index is 13.2. The van der Waals surface area contributed by atoms with Crippen molar-refractivity contribution in [1.82, 2.24) is 0 Å². The van der Waals surface area contributed by atoms with E-state index in [0.717, 1.165) is 16.2 Å². The predicted octanol–water partition coefficient (Wildman–Crippen LogP) is 5.40. The molecule has 2 aromatic carbocycles. The Morgan fingerprint density at radius 1 is 0.838 bits per heavy atom. The first-order valence-corrected chi connectivity index (χ1v) is 12.6. The van der Waals surface area contributed by atoms with Crippen molar-refractivity contribution < 1.29 is 33.3 Å². The summed E-state index contributed by atoms with van der Waals surface area (Å²) in [5, 5.41) is 0. The van der Waals surface area contributed by atoms with E-state index < -0.39 is 23.8 Å². The fraction of sp³-hybridized carbons (Fsp3) is 0.250. The average molecular weight is 570 g/mol. The third-order valence-electron chi connectivity index (χ3n) is 5.24. The molecule has 1 aliphatic heterocycles. The Bertz CT molecular complexity index is 1180. The lowest BCUT2D eigenvalue weighted by Crippen LogP contribution is -2.29. The minimum absolute atomic E-state index is 0.153. The van der Waals surface area contributed by atoms with E-state index >= 15 is 0 Å². The number of benzene rings is 2. The number of carbonyl (C=O) groups excluding carboxylic acids is 3. The quantitative estimate of drug-likeness (QED) is 0.162. The Labute approximate surface area is 224 Å². The van der Waals surface area contributed by atoms with Gasteiger partial charge in [0.15, 0.2) is 0 Å². The molecule has 0 aromatic heterocycles. The van der Waals surface area contributed by atoms with Crippen LogP contribution in [0.25, 0.3) is 0 Å². The summed E-state index contributed by atoms with van der Waals surface area (Å²) in [4.78, 5) is 39.8. The Kier molecular flexibility index (Phi) is 10.1. The first-order valence-electron chi connectivity index (χ1n) is 11.8. The molecule has 0 radical (unpaired) electrons. The minimum atomic E-state index is -0.850. The number of anilines is 1. The fourth-order valence-corrected chi connectivity index (χ4v) is 3.96. The monoisotopic (exact) mass is 569 g/mol. The molecule has 37 heavy (non-hydrogen) atoms. The first kappa shape index (κ1) is 27.7. The molecule has 0 fully saturated rings. The van der Waals surface area contributed by atoms with E-state index in [-0.39, 0.29) is 31.0 Å². The summed E-state index contributed by atoms with van der Waals surface area (Å²) in [5.74, 6) is -2.22. The van der Waals surface area contributed by atoms with Crippen LogP contribution in [-0.4, -0.2) is 37.7 Å². The molecule has 2 aromatic rings. The van der Waals surface area contributed by atoms with E-state index in [1.54, 1.807) is 62.3 Å². The lowest BCUT2D eigenvalue weighted by molar-refractivity contribution is -0.140. The van der Waals surface area contributed by atoms with Crippen molar-refractivity contribution in [3.8, 4) is 5.75 Å². The Balaban J connectivity index is 2.13. The lowest BCUT2D eigenvalue weighted by Gasteiger charge is -2.31. The van der Waals surface area contributed by atoms with E-state index in [0.29, 0.717) is 11.3 Å². The molecule has 0 aliphatic carbocycles. The summed E-state index contributed by atoms with van der Waals surface area (Å²) in [6, 6.07) is 14.3. The van der Waals surface area contributed by atoms with Crippen LogP contribution >= 0.6 is 15.9 Å². The number of esters is 3. The smallest absolute Gasteiger partial charge is 0.336 e. The van der Waals surface area contributed by atoms with Crippen LogP contribution in [-0.2, 0) is 28.6 Å². The van der Waals surface area contributed by atoms with Crippen molar-refractivity contribution >= 4 is 39.5 Å². The Hall–Kier alpha value is -3.85. The number of carbonyl (C=O) groups is 3. The zero-order valence-electron chi connectivity index (χ0n) is 20.8. The van der Waals surface area contributed by atoms with Crippen molar-refractivity contribution in [1.29, 1.82) is 0 Å². The highest BCUT2D eigenvalue weighted by Gasteiger charge is 2.37. The summed E-state index contributed by atoms with van der Waals surface area (Å²) in [6.07, 6.45) is 5.63. The Morgan fingerprint density at radius 2 is 1.41 bits per heavy atom. The number of hydrogen-bond acceptors (Lipinski definition) is 8. The van der Waals surface area contributed by atoms with E-state index in [2.05, 4.69) is 15.9 Å². The summed E-state index contributed by atoms with van der Waals surface area (Å²) in [6.45, 7) is 5.66. The van der Waals surface area contributed by atoms with Gasteiger partial charge in [0.25, 0.3) is 0 Å². The van der Waals surface area contributed by atoms with Gasteiger partial charge >= 0.3 is 17.9 Å². The maximum atomic E-state index is 13.2. The van der Waals surface area contributed by atoms with Crippen molar-refractivity contribution in [2.45, 2.75) is 26.7 Å². The van der Waals surface area contributed by atoms with Crippen LogP contribution in [0.5, 0.6) is 5.75 Å². The van der Waals surface area contributed by atoms with E-state index in [9.17, 15) is 14.4 Å². The van der Waals surface area contributed by atoms with E-state index in [4.69, 9.17) is 18.9 Å². The second kappa shape index (κ2) is 13.5. The predicted molar refractivity (Wildman–Crippen MR) is 142 cm³/mol. The summed E-state index contributed by atoms with van der Waals surface area (Å²) in [5.41, 5.74) is 1.69. The van der Waals surface area contributed by atoms with Crippen LogP contribution < -0.4 is 9.64 Å². The molecule has 0 saturated carbocycles. The van der Waals surface area contributed by atoms with Gasteiger partial charge in [-0.25, -0.2) is 14.4 Å². The van der Waals surface area contributed by atoms with Crippen molar-refractivity contribution in [2.24, 2.45) is 0 Å². The van der Waals surface area contributed by atoms with Crippen molar-refractivity contribution in [2.75, 3.05) is 24.7 Å². The molecular weight excluding hydrogens is 542 g/mol. The molecule has 0 atom stereocenters. The van der Waals surface area contributed by atoms with Gasteiger partial charge in [-0.15, -0.1) is 0 Å². The van der Waals surface area contributed by atoms with Gasteiger partial charge in [0, 0.05) is 28.1 Å². The standard InChI is InChI=1S/C28H28BrNO7/c1-4-34-25(31)15-16-37-24-10-8-7-9-21(24)26-22(27(32)35-5-2)17-30(18-23(26)28(33)36-6-3)20-13-11-19(29)12-14-20/h7-18,26H,4-6H2,1-3H3/b16-15+. The van der Waals surface area contributed by atoms with E-state index in [1.807, 2.05) is 24.3 Å². The number of ether oxygens (including phenoxy) is 4. The molecule has 0 saturated heterocycles. The van der Waals surface area contributed by atoms with Gasteiger partial charge in [-0.1, -0.05) is 34.1 Å². The van der Waals surface area contributed by atoms with Crippen LogP contribution in [0, 0.1) is 0 Å². The van der Waals surface area contributed by atoms with Gasteiger partial charge in [-0.2, -0.15) is 0 Å². The van der Waals surface area contributed by atoms with Gasteiger partial charge < -0.3 is 23.8 Å². The second-order valence-corrected chi connectivity index (χ2v) is 8.55. The number of nitrogens with zero attached hydrogens (tertiary/aromatic N) is 1. The fourth-order valence-electron chi connectivity index (χ4n) is 3.70. The zero-order chi connectivity index (χ0) is 26.8. The molecule has 9 heteroatoms. The highest BCUT2D eigenvalue weighted by Crippen LogP contribution is 2.42. The molecule has 1 aliphatic rings. The third kappa shape index (κ3) is 7.10.